The van der Waals surface area contributed by atoms with Crippen LogP contribution in [0.25, 0.3) is 0 Å². The second-order valence-corrected chi connectivity index (χ2v) is 6.19. The van der Waals surface area contributed by atoms with E-state index in [1.807, 2.05) is 12.1 Å². The number of rotatable bonds is 7. The number of aromatic hydroxyl groups is 2. The zero-order valence-corrected chi connectivity index (χ0v) is 14.4. The topological polar surface area (TPSA) is 69.6 Å². The summed E-state index contributed by atoms with van der Waals surface area (Å²) in [5.41, 5.74) is 1.81. The van der Waals surface area contributed by atoms with E-state index >= 15 is 0 Å². The van der Waals surface area contributed by atoms with Gasteiger partial charge in [-0.15, -0.1) is 0 Å². The number of nitrogens with one attached hydrogen (secondary N) is 1. The number of phenolic OH excluding ortho intramolecular Hbond substituents is 2. The quantitative estimate of drug-likeness (QED) is 0.663. The van der Waals surface area contributed by atoms with Gasteiger partial charge in [0.1, 0.15) is 0 Å². The molecule has 0 spiro atoms. The van der Waals surface area contributed by atoms with Gasteiger partial charge in [-0.1, -0.05) is 43.1 Å². The van der Waals surface area contributed by atoms with Crippen molar-refractivity contribution in [2.24, 2.45) is 0 Å². The molecule has 5 heteroatoms. The van der Waals surface area contributed by atoms with E-state index in [1.165, 1.54) is 12.1 Å². The summed E-state index contributed by atoms with van der Waals surface area (Å²) in [7, 11) is 0. The second kappa shape index (κ2) is 8.60. The van der Waals surface area contributed by atoms with Gasteiger partial charge < -0.3 is 15.5 Å². The molecule has 0 bridgehead atoms. The molecule has 2 aromatic rings. The maximum atomic E-state index is 12.5. The fourth-order valence-corrected chi connectivity index (χ4v) is 2.74. The third-order valence-corrected chi connectivity index (χ3v) is 4.17. The number of hydrogen-bond acceptors (Lipinski definition) is 3. The van der Waals surface area contributed by atoms with Gasteiger partial charge in [0.2, 0.25) is 5.91 Å². The normalized spacial score (nSPS) is 11.9. The van der Waals surface area contributed by atoms with Crippen LogP contribution in [0.15, 0.2) is 42.5 Å². The molecule has 1 atom stereocenters. The summed E-state index contributed by atoms with van der Waals surface area (Å²) in [6.45, 7) is 2.52. The molecule has 0 aliphatic carbocycles. The van der Waals surface area contributed by atoms with Gasteiger partial charge in [0, 0.05) is 11.6 Å². The van der Waals surface area contributed by atoms with Gasteiger partial charge in [0.25, 0.3) is 0 Å². The van der Waals surface area contributed by atoms with Crippen molar-refractivity contribution in [3.63, 3.8) is 0 Å². The SMILES string of the molecule is CCCC(C(=O)NCCc1ccc(O)c(O)c1)c1ccc(Cl)cc1. The molecule has 2 aromatic carbocycles. The number of carbonyl (C=O) groups is 1. The Hall–Kier alpha value is -2.20. The Morgan fingerprint density at radius 3 is 2.46 bits per heavy atom. The molecule has 0 aliphatic rings. The van der Waals surface area contributed by atoms with E-state index < -0.39 is 0 Å². The Kier molecular flexibility index (Phi) is 6.50. The van der Waals surface area contributed by atoms with Gasteiger partial charge in [0.15, 0.2) is 11.5 Å². The van der Waals surface area contributed by atoms with Gasteiger partial charge in [-0.2, -0.15) is 0 Å². The molecule has 0 heterocycles. The highest BCUT2D eigenvalue weighted by molar-refractivity contribution is 6.30. The first-order valence-electron chi connectivity index (χ1n) is 8.05. The fourth-order valence-electron chi connectivity index (χ4n) is 2.61. The molecule has 0 aliphatic heterocycles. The van der Waals surface area contributed by atoms with E-state index in [-0.39, 0.29) is 23.3 Å². The van der Waals surface area contributed by atoms with Crippen LogP contribution in [0.4, 0.5) is 0 Å². The zero-order chi connectivity index (χ0) is 17.5. The standard InChI is InChI=1S/C19H22ClNO3/c1-2-3-16(14-5-7-15(20)8-6-14)19(24)21-11-10-13-4-9-17(22)18(23)12-13/h4-9,12,16,22-23H,2-3,10-11H2,1H3,(H,21,24). The zero-order valence-electron chi connectivity index (χ0n) is 13.6. The lowest BCUT2D eigenvalue weighted by atomic mass is 9.93. The molecule has 1 amide bonds. The first-order valence-corrected chi connectivity index (χ1v) is 8.43. The average molecular weight is 348 g/mol. The summed E-state index contributed by atoms with van der Waals surface area (Å²) < 4.78 is 0. The van der Waals surface area contributed by atoms with Gasteiger partial charge >= 0.3 is 0 Å². The molecule has 1 unspecified atom stereocenters. The van der Waals surface area contributed by atoms with Crippen molar-refractivity contribution in [3.05, 3.63) is 58.6 Å². The van der Waals surface area contributed by atoms with Gasteiger partial charge in [-0.25, -0.2) is 0 Å². The van der Waals surface area contributed by atoms with Crippen LogP contribution < -0.4 is 5.32 Å². The van der Waals surface area contributed by atoms with Crippen LogP contribution in [0.1, 0.15) is 36.8 Å². The number of carbonyl (C=O) groups excluding carboxylic acids is 1. The van der Waals surface area contributed by atoms with E-state index in [4.69, 9.17) is 11.6 Å². The monoisotopic (exact) mass is 347 g/mol. The highest BCUT2D eigenvalue weighted by Crippen LogP contribution is 2.25. The molecule has 2 rings (SSSR count). The molecule has 0 saturated carbocycles. The molecular formula is C19H22ClNO3. The number of phenols is 2. The van der Waals surface area contributed by atoms with Crippen LogP contribution in [0, 0.1) is 0 Å². The van der Waals surface area contributed by atoms with Crippen molar-refractivity contribution in [2.45, 2.75) is 32.1 Å². The highest BCUT2D eigenvalue weighted by atomic mass is 35.5. The van der Waals surface area contributed by atoms with Gasteiger partial charge in [0.05, 0.1) is 5.92 Å². The molecule has 0 saturated heterocycles. The minimum atomic E-state index is -0.194. The Morgan fingerprint density at radius 2 is 1.83 bits per heavy atom. The number of amides is 1. The molecule has 0 aromatic heterocycles. The van der Waals surface area contributed by atoms with Crippen LogP contribution in [0.5, 0.6) is 11.5 Å². The van der Waals surface area contributed by atoms with Crippen molar-refractivity contribution in [3.8, 4) is 11.5 Å². The Labute approximate surface area is 147 Å². The van der Waals surface area contributed by atoms with Gasteiger partial charge in [-0.3, -0.25) is 4.79 Å². The predicted octanol–water partition coefficient (Wildman–Crippen LogP) is 3.99. The van der Waals surface area contributed by atoms with Crippen LogP contribution in [0.3, 0.4) is 0 Å². The lowest BCUT2D eigenvalue weighted by Gasteiger charge is -2.17. The Morgan fingerprint density at radius 1 is 1.12 bits per heavy atom. The second-order valence-electron chi connectivity index (χ2n) is 5.76. The van der Waals surface area contributed by atoms with Crippen LogP contribution in [-0.2, 0) is 11.2 Å². The smallest absolute Gasteiger partial charge is 0.227 e. The Bertz CT molecular complexity index is 686. The van der Waals surface area contributed by atoms with Gasteiger partial charge in [-0.05, 0) is 48.2 Å². The van der Waals surface area contributed by atoms with Crippen LogP contribution >= 0.6 is 11.6 Å². The molecular weight excluding hydrogens is 326 g/mol. The van der Waals surface area contributed by atoms with E-state index in [0.29, 0.717) is 18.0 Å². The van der Waals surface area contributed by atoms with Crippen molar-refractivity contribution >= 4 is 17.5 Å². The molecule has 0 radical (unpaired) electrons. The van der Waals surface area contributed by atoms with E-state index in [9.17, 15) is 15.0 Å². The lowest BCUT2D eigenvalue weighted by molar-refractivity contribution is -0.122. The van der Waals surface area contributed by atoms with Crippen LogP contribution in [-0.4, -0.2) is 22.7 Å². The average Bonchev–Trinajstić information content (AvgIpc) is 2.57. The summed E-state index contributed by atoms with van der Waals surface area (Å²) in [4.78, 5) is 12.5. The highest BCUT2D eigenvalue weighted by Gasteiger charge is 2.19. The maximum absolute atomic E-state index is 12.5. The Balaban J connectivity index is 1.95. The molecule has 0 fully saturated rings. The van der Waals surface area contributed by atoms with E-state index in [0.717, 1.165) is 24.0 Å². The first kappa shape index (κ1) is 18.1. The minimum absolute atomic E-state index is 0.0119. The van der Waals surface area contributed by atoms with E-state index in [1.54, 1.807) is 18.2 Å². The summed E-state index contributed by atoms with van der Waals surface area (Å²) in [5, 5.41) is 22.4. The molecule has 4 nitrogen and oxygen atoms in total. The molecule has 24 heavy (non-hydrogen) atoms. The number of benzene rings is 2. The minimum Gasteiger partial charge on any atom is -0.504 e. The fraction of sp³-hybridized carbons (Fsp3) is 0.316. The number of hydrogen-bond donors (Lipinski definition) is 3. The van der Waals surface area contributed by atoms with Crippen molar-refractivity contribution < 1.29 is 15.0 Å². The van der Waals surface area contributed by atoms with Crippen molar-refractivity contribution in [1.82, 2.24) is 5.32 Å². The third-order valence-electron chi connectivity index (χ3n) is 3.92. The summed E-state index contributed by atoms with van der Waals surface area (Å²) in [6.07, 6.45) is 2.26. The van der Waals surface area contributed by atoms with Crippen LogP contribution in [0.2, 0.25) is 5.02 Å². The summed E-state index contributed by atoms with van der Waals surface area (Å²) in [6, 6.07) is 12.0. The molecule has 128 valence electrons. The van der Waals surface area contributed by atoms with Crippen molar-refractivity contribution in [1.29, 1.82) is 0 Å². The largest absolute Gasteiger partial charge is 0.504 e. The number of halogens is 1. The summed E-state index contributed by atoms with van der Waals surface area (Å²) >= 11 is 5.91. The first-order chi connectivity index (χ1) is 11.5. The lowest BCUT2D eigenvalue weighted by Crippen LogP contribution is -2.31. The predicted molar refractivity (Wildman–Crippen MR) is 95.6 cm³/mol. The van der Waals surface area contributed by atoms with E-state index in [2.05, 4.69) is 12.2 Å². The molecule has 3 N–H and O–H groups in total. The summed E-state index contributed by atoms with van der Waals surface area (Å²) in [5.74, 6) is -0.500. The third kappa shape index (κ3) is 4.90. The maximum Gasteiger partial charge on any atom is 0.227 e. The van der Waals surface area contributed by atoms with Crippen molar-refractivity contribution in [2.75, 3.05) is 6.54 Å².